The van der Waals surface area contributed by atoms with Crippen LogP contribution in [0.4, 0.5) is 5.69 Å². The van der Waals surface area contributed by atoms with E-state index in [9.17, 15) is 14.7 Å². The van der Waals surface area contributed by atoms with Crippen molar-refractivity contribution < 1.29 is 19.4 Å². The highest BCUT2D eigenvalue weighted by Gasteiger charge is 2.47. The topological polar surface area (TPSA) is 66.8 Å². The summed E-state index contributed by atoms with van der Waals surface area (Å²) in [6, 6.07) is 27.5. The molecule has 192 valence electrons. The Balaban J connectivity index is 1.74. The number of ketones is 1. The maximum Gasteiger partial charge on any atom is 0.300 e. The fraction of sp³-hybridized carbons (Fsp3) is 0.212. The number of nitrogens with zero attached hydrogens (tertiary/aromatic N) is 1. The summed E-state index contributed by atoms with van der Waals surface area (Å²) in [5.74, 6) is -0.997. The van der Waals surface area contributed by atoms with Crippen molar-refractivity contribution in [3.63, 3.8) is 0 Å². The average molecular weight is 506 g/mol. The van der Waals surface area contributed by atoms with Crippen molar-refractivity contribution in [3.05, 3.63) is 113 Å². The van der Waals surface area contributed by atoms with Crippen LogP contribution in [0.1, 0.15) is 50.4 Å². The minimum Gasteiger partial charge on any atom is -0.507 e. The van der Waals surface area contributed by atoms with E-state index in [1.165, 1.54) is 4.90 Å². The van der Waals surface area contributed by atoms with Crippen molar-refractivity contribution >= 4 is 33.9 Å². The zero-order chi connectivity index (χ0) is 27.0. The van der Waals surface area contributed by atoms with Gasteiger partial charge in [0.15, 0.2) is 0 Å². The number of aliphatic hydroxyl groups is 1. The Morgan fingerprint density at radius 3 is 2.29 bits per heavy atom. The number of aliphatic hydroxyl groups excluding tert-OH is 1. The Kier molecular flexibility index (Phi) is 6.53. The Morgan fingerprint density at radius 2 is 1.58 bits per heavy atom. The van der Waals surface area contributed by atoms with Crippen LogP contribution >= 0.6 is 0 Å². The first-order chi connectivity index (χ1) is 18.2. The van der Waals surface area contributed by atoms with Crippen LogP contribution in [0, 0.1) is 0 Å². The molecule has 1 aliphatic rings. The average Bonchev–Trinajstić information content (AvgIpc) is 3.18. The van der Waals surface area contributed by atoms with E-state index in [4.69, 9.17) is 4.74 Å². The van der Waals surface area contributed by atoms with Crippen molar-refractivity contribution in [1.29, 1.82) is 0 Å². The van der Waals surface area contributed by atoms with Crippen LogP contribution in [0.2, 0.25) is 0 Å². The lowest BCUT2D eigenvalue weighted by atomic mass is 9.85. The molecular formula is C33H31NO4. The van der Waals surface area contributed by atoms with Gasteiger partial charge in [-0.05, 0) is 46.4 Å². The number of amides is 1. The van der Waals surface area contributed by atoms with Crippen LogP contribution in [-0.2, 0) is 15.0 Å². The van der Waals surface area contributed by atoms with Crippen LogP contribution in [0.25, 0.3) is 16.5 Å². The van der Waals surface area contributed by atoms with Gasteiger partial charge < -0.3 is 9.84 Å². The molecule has 0 aliphatic carbocycles. The number of rotatable bonds is 5. The summed E-state index contributed by atoms with van der Waals surface area (Å²) in [5.41, 5.74) is 2.92. The summed E-state index contributed by atoms with van der Waals surface area (Å²) >= 11 is 0. The molecule has 5 rings (SSSR count). The summed E-state index contributed by atoms with van der Waals surface area (Å²) in [5, 5.41) is 13.4. The van der Waals surface area contributed by atoms with Gasteiger partial charge in [0.05, 0.1) is 18.2 Å². The molecule has 1 atom stereocenters. The first-order valence-corrected chi connectivity index (χ1v) is 12.8. The summed E-state index contributed by atoms with van der Waals surface area (Å²) < 4.78 is 5.67. The predicted molar refractivity (Wildman–Crippen MR) is 151 cm³/mol. The first-order valence-electron chi connectivity index (χ1n) is 12.8. The van der Waals surface area contributed by atoms with Crippen LogP contribution in [0.5, 0.6) is 5.75 Å². The Hall–Kier alpha value is -4.38. The third kappa shape index (κ3) is 4.45. The Morgan fingerprint density at radius 1 is 0.895 bits per heavy atom. The molecule has 1 saturated heterocycles. The van der Waals surface area contributed by atoms with Gasteiger partial charge in [0.1, 0.15) is 11.5 Å². The summed E-state index contributed by atoms with van der Waals surface area (Å²) in [6.07, 6.45) is 0. The molecule has 1 fully saturated rings. The molecule has 1 N–H and O–H groups in total. The van der Waals surface area contributed by atoms with Gasteiger partial charge in [-0.2, -0.15) is 0 Å². The van der Waals surface area contributed by atoms with E-state index in [0.29, 0.717) is 23.6 Å². The molecular weight excluding hydrogens is 474 g/mol. The molecule has 4 aromatic rings. The second-order valence-corrected chi connectivity index (χ2v) is 10.5. The van der Waals surface area contributed by atoms with E-state index >= 15 is 0 Å². The molecule has 1 aliphatic heterocycles. The van der Waals surface area contributed by atoms with Gasteiger partial charge in [0, 0.05) is 17.3 Å². The minimum atomic E-state index is -0.806. The lowest BCUT2D eigenvalue weighted by Gasteiger charge is -2.27. The summed E-state index contributed by atoms with van der Waals surface area (Å²) in [6.45, 7) is 8.76. The molecule has 1 amide bonds. The van der Waals surface area contributed by atoms with Gasteiger partial charge in [0.2, 0.25) is 0 Å². The molecule has 0 aromatic heterocycles. The van der Waals surface area contributed by atoms with Crippen molar-refractivity contribution in [2.24, 2.45) is 0 Å². The lowest BCUT2D eigenvalue weighted by molar-refractivity contribution is -0.132. The van der Waals surface area contributed by atoms with E-state index < -0.39 is 17.7 Å². The summed E-state index contributed by atoms with van der Waals surface area (Å²) in [7, 11) is 0. The molecule has 0 spiro atoms. The highest BCUT2D eigenvalue weighted by Crippen LogP contribution is 2.44. The fourth-order valence-corrected chi connectivity index (χ4v) is 5.05. The second-order valence-electron chi connectivity index (χ2n) is 10.5. The van der Waals surface area contributed by atoms with Crippen LogP contribution in [0.15, 0.2) is 96.6 Å². The van der Waals surface area contributed by atoms with Gasteiger partial charge in [-0.15, -0.1) is 0 Å². The third-order valence-corrected chi connectivity index (χ3v) is 6.99. The predicted octanol–water partition coefficient (Wildman–Crippen LogP) is 7.16. The second kappa shape index (κ2) is 9.82. The standard InChI is InChI=1S/C33H31NO4/c1-5-38-25-13-9-12-24(20-25)34-29(22-16-18-23(19-17-22)33(2,3)4)28(31(36)32(34)37)30(35)27-15-8-11-21-10-6-7-14-26(21)27/h6-20,29,35H,5H2,1-4H3/b30-28-. The Bertz CT molecular complexity index is 1550. The number of hydrogen-bond acceptors (Lipinski definition) is 4. The van der Waals surface area contributed by atoms with Gasteiger partial charge in [-0.3, -0.25) is 14.5 Å². The lowest BCUT2D eigenvalue weighted by Crippen LogP contribution is -2.29. The number of anilines is 1. The van der Waals surface area contributed by atoms with E-state index in [1.807, 2.05) is 73.7 Å². The SMILES string of the molecule is CCOc1cccc(N2C(=O)C(=O)/C(=C(\O)c3cccc4ccccc34)C2c2ccc(C(C)(C)C)cc2)c1. The Labute approximate surface area is 223 Å². The van der Waals surface area contributed by atoms with Crippen molar-refractivity contribution in [2.75, 3.05) is 11.5 Å². The number of hydrogen-bond donors (Lipinski definition) is 1. The van der Waals surface area contributed by atoms with Crippen molar-refractivity contribution in [2.45, 2.75) is 39.2 Å². The zero-order valence-corrected chi connectivity index (χ0v) is 22.1. The number of benzene rings is 4. The zero-order valence-electron chi connectivity index (χ0n) is 22.1. The minimum absolute atomic E-state index is 0.0604. The van der Waals surface area contributed by atoms with E-state index in [2.05, 4.69) is 20.8 Å². The number of ether oxygens (including phenoxy) is 1. The number of carbonyl (C=O) groups is 2. The molecule has 1 heterocycles. The maximum absolute atomic E-state index is 13.6. The van der Waals surface area contributed by atoms with E-state index in [-0.39, 0.29) is 16.7 Å². The van der Waals surface area contributed by atoms with Crippen molar-refractivity contribution in [1.82, 2.24) is 0 Å². The van der Waals surface area contributed by atoms with E-state index in [1.54, 1.807) is 24.3 Å². The number of fused-ring (bicyclic) bond motifs is 1. The highest BCUT2D eigenvalue weighted by molar-refractivity contribution is 6.51. The molecule has 38 heavy (non-hydrogen) atoms. The van der Waals surface area contributed by atoms with Gasteiger partial charge in [-0.25, -0.2) is 0 Å². The van der Waals surface area contributed by atoms with Crippen LogP contribution < -0.4 is 9.64 Å². The van der Waals surface area contributed by atoms with Gasteiger partial charge in [0.25, 0.3) is 11.7 Å². The fourth-order valence-electron chi connectivity index (χ4n) is 5.05. The van der Waals surface area contributed by atoms with Crippen LogP contribution in [0.3, 0.4) is 0 Å². The molecule has 0 saturated carbocycles. The van der Waals surface area contributed by atoms with E-state index in [0.717, 1.165) is 21.9 Å². The third-order valence-electron chi connectivity index (χ3n) is 6.99. The van der Waals surface area contributed by atoms with Crippen LogP contribution in [-0.4, -0.2) is 23.4 Å². The molecule has 0 radical (unpaired) electrons. The monoisotopic (exact) mass is 505 g/mol. The van der Waals surface area contributed by atoms with Gasteiger partial charge in [-0.1, -0.05) is 93.6 Å². The molecule has 0 bridgehead atoms. The maximum atomic E-state index is 13.6. The number of Topliss-reactive ketones (excluding diaryl/α,β-unsaturated/α-hetero) is 1. The summed E-state index contributed by atoms with van der Waals surface area (Å²) in [4.78, 5) is 28.7. The molecule has 1 unspecified atom stereocenters. The highest BCUT2D eigenvalue weighted by atomic mass is 16.5. The first kappa shape index (κ1) is 25.3. The van der Waals surface area contributed by atoms with Crippen molar-refractivity contribution in [3.8, 4) is 5.75 Å². The smallest absolute Gasteiger partial charge is 0.300 e. The normalized spacial score (nSPS) is 17.3. The number of carbonyl (C=O) groups excluding carboxylic acids is 2. The largest absolute Gasteiger partial charge is 0.507 e. The molecule has 5 nitrogen and oxygen atoms in total. The molecule has 5 heteroatoms. The molecule has 4 aromatic carbocycles. The van der Waals surface area contributed by atoms with Gasteiger partial charge >= 0.3 is 0 Å². The quantitative estimate of drug-likeness (QED) is 0.177.